The summed E-state index contributed by atoms with van der Waals surface area (Å²) in [4.78, 5) is 23.8. The number of hydrogen-bond acceptors (Lipinski definition) is 5. The SMILES string of the molecule is Cn1cc(-n2nc(-c3ccc(OC(F)F)cc3)cc(C(=O)O)c2=O)cn1. The third kappa shape index (κ3) is 3.43. The second-order valence-corrected chi connectivity index (χ2v) is 5.24. The van der Waals surface area contributed by atoms with Gasteiger partial charge in [0.2, 0.25) is 0 Å². The van der Waals surface area contributed by atoms with Gasteiger partial charge in [-0.2, -0.15) is 23.7 Å². The topological polar surface area (TPSA) is 99.2 Å². The third-order valence-corrected chi connectivity index (χ3v) is 3.45. The maximum absolute atomic E-state index is 12.4. The lowest BCUT2D eigenvalue weighted by molar-refractivity contribution is -0.0498. The minimum atomic E-state index is -2.95. The van der Waals surface area contributed by atoms with Crippen molar-refractivity contribution in [3.63, 3.8) is 0 Å². The minimum Gasteiger partial charge on any atom is -0.477 e. The summed E-state index contributed by atoms with van der Waals surface area (Å²) in [6, 6.07) is 6.58. The predicted octanol–water partition coefficient (Wildman–Crippen LogP) is 1.93. The van der Waals surface area contributed by atoms with Gasteiger partial charge in [-0.05, 0) is 30.3 Å². The molecule has 0 atom stereocenters. The number of alkyl halides is 2. The third-order valence-electron chi connectivity index (χ3n) is 3.45. The molecule has 0 aliphatic rings. The van der Waals surface area contributed by atoms with Crippen molar-refractivity contribution in [2.45, 2.75) is 6.61 Å². The van der Waals surface area contributed by atoms with Crippen molar-refractivity contribution in [1.29, 1.82) is 0 Å². The molecule has 26 heavy (non-hydrogen) atoms. The van der Waals surface area contributed by atoms with E-state index in [0.717, 1.165) is 10.7 Å². The van der Waals surface area contributed by atoms with E-state index in [0.29, 0.717) is 11.3 Å². The first-order chi connectivity index (χ1) is 12.3. The van der Waals surface area contributed by atoms with Gasteiger partial charge >= 0.3 is 12.6 Å². The van der Waals surface area contributed by atoms with Gasteiger partial charge in [-0.25, -0.2) is 4.79 Å². The number of carboxylic acids is 1. The van der Waals surface area contributed by atoms with E-state index < -0.39 is 23.7 Å². The quantitative estimate of drug-likeness (QED) is 0.745. The number of nitrogens with zero attached hydrogens (tertiary/aromatic N) is 4. The molecule has 3 aromatic rings. The molecule has 0 unspecified atom stereocenters. The molecule has 0 saturated carbocycles. The Morgan fingerprint density at radius 3 is 2.50 bits per heavy atom. The highest BCUT2D eigenvalue weighted by Crippen LogP contribution is 2.22. The van der Waals surface area contributed by atoms with Crippen molar-refractivity contribution < 1.29 is 23.4 Å². The summed E-state index contributed by atoms with van der Waals surface area (Å²) in [6.45, 7) is -2.95. The van der Waals surface area contributed by atoms with E-state index in [2.05, 4.69) is 14.9 Å². The van der Waals surface area contributed by atoms with E-state index in [1.165, 1.54) is 41.3 Å². The van der Waals surface area contributed by atoms with Crippen LogP contribution in [0, 0.1) is 0 Å². The van der Waals surface area contributed by atoms with Crippen LogP contribution < -0.4 is 10.3 Å². The first-order valence-electron chi connectivity index (χ1n) is 7.27. The summed E-state index contributed by atoms with van der Waals surface area (Å²) >= 11 is 0. The molecule has 2 aromatic heterocycles. The van der Waals surface area contributed by atoms with Crippen LogP contribution in [0.2, 0.25) is 0 Å². The second kappa shape index (κ2) is 6.75. The smallest absolute Gasteiger partial charge is 0.387 e. The summed E-state index contributed by atoms with van der Waals surface area (Å²) in [7, 11) is 1.64. The molecule has 0 aliphatic carbocycles. The van der Waals surface area contributed by atoms with Crippen molar-refractivity contribution >= 4 is 5.97 Å². The Balaban J connectivity index is 2.11. The van der Waals surface area contributed by atoms with E-state index in [9.17, 15) is 23.5 Å². The van der Waals surface area contributed by atoms with Crippen LogP contribution in [0.15, 0.2) is 47.5 Å². The number of aryl methyl sites for hydroxylation is 1. The maximum Gasteiger partial charge on any atom is 0.387 e. The number of hydrogen-bond donors (Lipinski definition) is 1. The Morgan fingerprint density at radius 2 is 1.96 bits per heavy atom. The molecule has 2 heterocycles. The average Bonchev–Trinajstić information content (AvgIpc) is 3.01. The van der Waals surface area contributed by atoms with Crippen molar-refractivity contribution in [1.82, 2.24) is 19.6 Å². The highest BCUT2D eigenvalue weighted by Gasteiger charge is 2.17. The normalized spacial score (nSPS) is 10.9. The Labute approximate surface area is 144 Å². The van der Waals surface area contributed by atoms with Crippen LogP contribution in [0.4, 0.5) is 8.78 Å². The fourth-order valence-corrected chi connectivity index (χ4v) is 2.29. The van der Waals surface area contributed by atoms with Gasteiger partial charge < -0.3 is 9.84 Å². The van der Waals surface area contributed by atoms with Crippen molar-refractivity contribution in [3.8, 4) is 22.7 Å². The highest BCUT2D eigenvalue weighted by atomic mass is 19.3. The van der Waals surface area contributed by atoms with Crippen LogP contribution >= 0.6 is 0 Å². The van der Waals surface area contributed by atoms with Gasteiger partial charge in [0.25, 0.3) is 5.56 Å². The molecule has 1 N–H and O–H groups in total. The molecule has 0 amide bonds. The minimum absolute atomic E-state index is 0.0530. The number of carboxylic acid groups (broad SMARTS) is 1. The molecule has 0 saturated heterocycles. The molecule has 8 nitrogen and oxygen atoms in total. The molecule has 0 spiro atoms. The summed E-state index contributed by atoms with van der Waals surface area (Å²) in [5.41, 5.74) is -0.403. The molecule has 0 radical (unpaired) electrons. The molecule has 0 bridgehead atoms. The molecule has 134 valence electrons. The number of ether oxygens (including phenoxy) is 1. The van der Waals surface area contributed by atoms with Gasteiger partial charge in [0.1, 0.15) is 17.0 Å². The summed E-state index contributed by atoms with van der Waals surface area (Å²) < 4.78 is 31.1. The Kier molecular flexibility index (Phi) is 4.48. The van der Waals surface area contributed by atoms with Crippen LogP contribution in [0.5, 0.6) is 5.75 Å². The molecular weight excluding hydrogens is 350 g/mol. The van der Waals surface area contributed by atoms with Crippen molar-refractivity contribution in [3.05, 3.63) is 58.6 Å². The fourth-order valence-electron chi connectivity index (χ4n) is 2.29. The Bertz CT molecular complexity index is 1010. The van der Waals surface area contributed by atoms with E-state index in [-0.39, 0.29) is 11.4 Å². The van der Waals surface area contributed by atoms with Gasteiger partial charge in [-0.15, -0.1) is 0 Å². The van der Waals surface area contributed by atoms with E-state index in [4.69, 9.17) is 0 Å². The summed E-state index contributed by atoms with van der Waals surface area (Å²) in [5, 5.41) is 17.4. The molecule has 3 rings (SSSR count). The lowest BCUT2D eigenvalue weighted by Crippen LogP contribution is -2.27. The van der Waals surface area contributed by atoms with Gasteiger partial charge in [0, 0.05) is 12.6 Å². The second-order valence-electron chi connectivity index (χ2n) is 5.24. The molecular formula is C16H12F2N4O4. The fraction of sp³-hybridized carbons (Fsp3) is 0.125. The van der Waals surface area contributed by atoms with E-state index in [1.807, 2.05) is 0 Å². The number of benzene rings is 1. The lowest BCUT2D eigenvalue weighted by atomic mass is 10.1. The monoisotopic (exact) mass is 362 g/mol. The number of rotatable bonds is 5. The molecule has 1 aromatic carbocycles. The van der Waals surface area contributed by atoms with Gasteiger partial charge in [0.05, 0.1) is 18.1 Å². The zero-order valence-electron chi connectivity index (χ0n) is 13.3. The first kappa shape index (κ1) is 17.3. The lowest BCUT2D eigenvalue weighted by Gasteiger charge is -2.09. The molecule has 0 aliphatic heterocycles. The zero-order chi connectivity index (χ0) is 18.8. The Morgan fingerprint density at radius 1 is 1.27 bits per heavy atom. The van der Waals surface area contributed by atoms with E-state index in [1.54, 1.807) is 7.05 Å². The van der Waals surface area contributed by atoms with Crippen LogP contribution in [-0.4, -0.2) is 37.2 Å². The predicted molar refractivity (Wildman–Crippen MR) is 85.6 cm³/mol. The van der Waals surface area contributed by atoms with Crippen LogP contribution in [-0.2, 0) is 7.05 Å². The van der Waals surface area contributed by atoms with Crippen LogP contribution in [0.25, 0.3) is 16.9 Å². The molecule has 0 fully saturated rings. The first-order valence-corrected chi connectivity index (χ1v) is 7.27. The number of aromatic nitrogens is 4. The maximum atomic E-state index is 12.4. The largest absolute Gasteiger partial charge is 0.477 e. The van der Waals surface area contributed by atoms with Crippen molar-refractivity contribution in [2.75, 3.05) is 0 Å². The van der Waals surface area contributed by atoms with Crippen molar-refractivity contribution in [2.24, 2.45) is 7.05 Å². The van der Waals surface area contributed by atoms with Gasteiger partial charge in [0.15, 0.2) is 0 Å². The van der Waals surface area contributed by atoms with E-state index >= 15 is 0 Å². The number of aromatic carboxylic acids is 1. The zero-order valence-corrected chi connectivity index (χ0v) is 13.3. The summed E-state index contributed by atoms with van der Waals surface area (Å²) in [6.07, 6.45) is 2.87. The summed E-state index contributed by atoms with van der Waals surface area (Å²) in [5.74, 6) is -1.46. The van der Waals surface area contributed by atoms with Crippen LogP contribution in [0.3, 0.4) is 0 Å². The number of carbonyl (C=O) groups is 1. The Hall–Kier alpha value is -3.56. The average molecular weight is 362 g/mol. The number of halogens is 2. The molecule has 10 heteroatoms. The highest BCUT2D eigenvalue weighted by molar-refractivity contribution is 5.88. The standard InChI is InChI=1S/C16H12F2N4O4/c1-21-8-10(7-19-21)22-14(23)12(15(24)25)6-13(20-22)9-2-4-11(5-3-9)26-16(17)18/h2-8,16H,1H3,(H,24,25). The van der Waals surface area contributed by atoms with Gasteiger partial charge in [-0.1, -0.05) is 0 Å². The van der Waals surface area contributed by atoms with Crippen LogP contribution in [0.1, 0.15) is 10.4 Å². The van der Waals surface area contributed by atoms with Gasteiger partial charge in [-0.3, -0.25) is 9.48 Å².